The van der Waals surface area contributed by atoms with Gasteiger partial charge >= 0.3 is 0 Å². The van der Waals surface area contributed by atoms with E-state index in [9.17, 15) is 4.79 Å². The second kappa shape index (κ2) is 4.45. The van der Waals surface area contributed by atoms with Crippen molar-refractivity contribution in [3.8, 4) is 0 Å². The third kappa shape index (κ3) is 2.36. The van der Waals surface area contributed by atoms with Crippen LogP contribution in [0.25, 0.3) is 0 Å². The molecule has 0 unspecified atom stereocenters. The van der Waals surface area contributed by atoms with Crippen LogP contribution < -0.4 is 10.6 Å². The van der Waals surface area contributed by atoms with Crippen LogP contribution in [-0.4, -0.2) is 25.5 Å². The average Bonchev–Trinajstić information content (AvgIpc) is 2.59. The number of carbonyl (C=O) groups excluding carboxylic acids is 1. The summed E-state index contributed by atoms with van der Waals surface area (Å²) in [6.45, 7) is 0.396. The molecule has 0 radical (unpaired) electrons. The standard InChI is InChI=1S/C12H16N2O/c1-13-8-12(15)14-11-6-9-4-2-3-5-10(9)7-11/h2-5,11,13H,6-8H2,1H3,(H,14,15). The van der Waals surface area contributed by atoms with Gasteiger partial charge in [0.15, 0.2) is 0 Å². The largest absolute Gasteiger partial charge is 0.352 e. The van der Waals surface area contributed by atoms with E-state index in [-0.39, 0.29) is 11.9 Å². The Balaban J connectivity index is 1.93. The fourth-order valence-corrected chi connectivity index (χ4v) is 2.10. The summed E-state index contributed by atoms with van der Waals surface area (Å²) in [4.78, 5) is 11.4. The fraction of sp³-hybridized carbons (Fsp3) is 0.417. The SMILES string of the molecule is CNCC(=O)NC1Cc2ccccc2C1. The molecule has 0 bridgehead atoms. The predicted octanol–water partition coefficient (Wildman–Crippen LogP) is 0.489. The number of hydrogen-bond donors (Lipinski definition) is 2. The Morgan fingerprint density at radius 1 is 1.33 bits per heavy atom. The van der Waals surface area contributed by atoms with Crippen LogP contribution in [-0.2, 0) is 17.6 Å². The highest BCUT2D eigenvalue weighted by Gasteiger charge is 2.21. The number of amides is 1. The van der Waals surface area contributed by atoms with Gasteiger partial charge in [-0.2, -0.15) is 0 Å². The van der Waals surface area contributed by atoms with Crippen molar-refractivity contribution in [1.82, 2.24) is 10.6 Å². The molecule has 2 N–H and O–H groups in total. The number of benzene rings is 1. The highest BCUT2D eigenvalue weighted by atomic mass is 16.1. The first-order valence-corrected chi connectivity index (χ1v) is 5.30. The Bertz CT molecular complexity index is 337. The Hall–Kier alpha value is -1.35. The maximum Gasteiger partial charge on any atom is 0.234 e. The molecule has 3 nitrogen and oxygen atoms in total. The van der Waals surface area contributed by atoms with Gasteiger partial charge in [0.2, 0.25) is 5.91 Å². The number of nitrogens with one attached hydrogen (secondary N) is 2. The lowest BCUT2D eigenvalue weighted by molar-refractivity contribution is -0.120. The lowest BCUT2D eigenvalue weighted by Crippen LogP contribution is -2.40. The smallest absolute Gasteiger partial charge is 0.234 e. The van der Waals surface area contributed by atoms with Gasteiger partial charge in [-0.1, -0.05) is 24.3 Å². The topological polar surface area (TPSA) is 41.1 Å². The van der Waals surface area contributed by atoms with E-state index in [0.29, 0.717) is 6.54 Å². The van der Waals surface area contributed by atoms with E-state index < -0.39 is 0 Å². The van der Waals surface area contributed by atoms with E-state index in [1.54, 1.807) is 7.05 Å². The van der Waals surface area contributed by atoms with Crippen molar-refractivity contribution < 1.29 is 4.79 Å². The normalized spacial score (nSPS) is 15.0. The quantitative estimate of drug-likeness (QED) is 0.752. The highest BCUT2D eigenvalue weighted by Crippen LogP contribution is 2.21. The first-order chi connectivity index (χ1) is 7.29. The molecular weight excluding hydrogens is 188 g/mol. The van der Waals surface area contributed by atoms with Crippen LogP contribution in [0, 0.1) is 0 Å². The summed E-state index contributed by atoms with van der Waals surface area (Å²) < 4.78 is 0. The minimum Gasteiger partial charge on any atom is -0.352 e. The molecule has 1 aliphatic rings. The van der Waals surface area contributed by atoms with Gasteiger partial charge in [-0.3, -0.25) is 4.79 Å². The maximum absolute atomic E-state index is 11.4. The second-order valence-electron chi connectivity index (χ2n) is 3.97. The van der Waals surface area contributed by atoms with E-state index in [4.69, 9.17) is 0 Å². The summed E-state index contributed by atoms with van der Waals surface area (Å²) in [5, 5.41) is 5.88. The number of fused-ring (bicyclic) bond motifs is 1. The molecule has 2 rings (SSSR count). The monoisotopic (exact) mass is 204 g/mol. The summed E-state index contributed by atoms with van der Waals surface area (Å²) in [5.41, 5.74) is 2.74. The number of hydrogen-bond acceptors (Lipinski definition) is 2. The van der Waals surface area contributed by atoms with Crippen LogP contribution in [0.1, 0.15) is 11.1 Å². The number of likely N-dealkylation sites (N-methyl/N-ethyl adjacent to an activating group) is 1. The number of rotatable bonds is 3. The summed E-state index contributed by atoms with van der Waals surface area (Å²) in [7, 11) is 1.78. The Morgan fingerprint density at radius 2 is 1.93 bits per heavy atom. The van der Waals surface area contributed by atoms with Crippen LogP contribution in [0.5, 0.6) is 0 Å². The van der Waals surface area contributed by atoms with Crippen molar-refractivity contribution in [2.75, 3.05) is 13.6 Å². The molecule has 1 amide bonds. The van der Waals surface area contributed by atoms with Crippen LogP contribution in [0.3, 0.4) is 0 Å². The van der Waals surface area contributed by atoms with Crippen LogP contribution in [0.4, 0.5) is 0 Å². The van der Waals surface area contributed by atoms with Crippen molar-refractivity contribution >= 4 is 5.91 Å². The highest BCUT2D eigenvalue weighted by molar-refractivity contribution is 5.78. The van der Waals surface area contributed by atoms with Crippen LogP contribution >= 0.6 is 0 Å². The first kappa shape index (κ1) is 10.2. The molecule has 15 heavy (non-hydrogen) atoms. The van der Waals surface area contributed by atoms with E-state index in [2.05, 4.69) is 34.9 Å². The predicted molar refractivity (Wildman–Crippen MR) is 59.7 cm³/mol. The molecule has 1 aromatic carbocycles. The van der Waals surface area contributed by atoms with Crippen molar-refractivity contribution in [1.29, 1.82) is 0 Å². The lowest BCUT2D eigenvalue weighted by atomic mass is 10.1. The van der Waals surface area contributed by atoms with E-state index in [0.717, 1.165) is 12.8 Å². The van der Waals surface area contributed by atoms with Gasteiger partial charge in [0.25, 0.3) is 0 Å². The second-order valence-corrected chi connectivity index (χ2v) is 3.97. The molecule has 0 spiro atoms. The molecule has 3 heteroatoms. The van der Waals surface area contributed by atoms with Gasteiger partial charge in [-0.25, -0.2) is 0 Å². The summed E-state index contributed by atoms with van der Waals surface area (Å²) in [6.07, 6.45) is 1.93. The molecule has 0 heterocycles. The van der Waals surface area contributed by atoms with Gasteiger partial charge in [0.1, 0.15) is 0 Å². The first-order valence-electron chi connectivity index (χ1n) is 5.30. The number of carbonyl (C=O) groups is 1. The zero-order valence-corrected chi connectivity index (χ0v) is 8.92. The van der Waals surface area contributed by atoms with Crippen LogP contribution in [0.2, 0.25) is 0 Å². The van der Waals surface area contributed by atoms with Gasteiger partial charge in [0, 0.05) is 6.04 Å². The Morgan fingerprint density at radius 3 is 2.47 bits per heavy atom. The van der Waals surface area contributed by atoms with E-state index in [1.165, 1.54) is 11.1 Å². The van der Waals surface area contributed by atoms with Crippen molar-refractivity contribution in [3.63, 3.8) is 0 Å². The molecule has 0 aliphatic heterocycles. The third-order valence-corrected chi connectivity index (χ3v) is 2.75. The molecule has 1 aliphatic carbocycles. The zero-order chi connectivity index (χ0) is 10.7. The van der Waals surface area contributed by atoms with Gasteiger partial charge in [-0.15, -0.1) is 0 Å². The molecule has 0 atom stereocenters. The molecule has 0 aromatic heterocycles. The molecular formula is C12H16N2O. The zero-order valence-electron chi connectivity index (χ0n) is 8.92. The van der Waals surface area contributed by atoms with E-state index in [1.807, 2.05) is 0 Å². The molecule has 80 valence electrons. The molecule has 1 aromatic rings. The minimum atomic E-state index is 0.0790. The van der Waals surface area contributed by atoms with E-state index >= 15 is 0 Å². The lowest BCUT2D eigenvalue weighted by Gasteiger charge is -2.11. The average molecular weight is 204 g/mol. The van der Waals surface area contributed by atoms with Crippen molar-refractivity contribution in [3.05, 3.63) is 35.4 Å². The summed E-state index contributed by atoms with van der Waals surface area (Å²) in [5.74, 6) is 0.0790. The molecule has 0 saturated heterocycles. The Kier molecular flexibility index (Phi) is 3.02. The maximum atomic E-state index is 11.4. The van der Waals surface area contributed by atoms with Gasteiger partial charge < -0.3 is 10.6 Å². The minimum absolute atomic E-state index is 0.0790. The summed E-state index contributed by atoms with van der Waals surface area (Å²) in [6, 6.07) is 8.66. The summed E-state index contributed by atoms with van der Waals surface area (Å²) >= 11 is 0. The Labute approximate surface area is 89.9 Å². The van der Waals surface area contributed by atoms with Crippen molar-refractivity contribution in [2.45, 2.75) is 18.9 Å². The molecule has 0 saturated carbocycles. The molecule has 0 fully saturated rings. The fourth-order valence-electron chi connectivity index (χ4n) is 2.10. The third-order valence-electron chi connectivity index (χ3n) is 2.75. The van der Waals surface area contributed by atoms with Crippen LogP contribution in [0.15, 0.2) is 24.3 Å². The van der Waals surface area contributed by atoms with Crippen molar-refractivity contribution in [2.24, 2.45) is 0 Å². The van der Waals surface area contributed by atoms with Gasteiger partial charge in [0.05, 0.1) is 6.54 Å². The van der Waals surface area contributed by atoms with Gasteiger partial charge in [-0.05, 0) is 31.0 Å².